The number of nitrogens with zero attached hydrogens (tertiary/aromatic N) is 3. The highest BCUT2D eigenvalue weighted by Crippen LogP contribution is 2.24. The second kappa shape index (κ2) is 7.82. The van der Waals surface area contributed by atoms with Gasteiger partial charge in [-0.15, -0.1) is 0 Å². The van der Waals surface area contributed by atoms with Crippen LogP contribution in [0.25, 0.3) is 0 Å². The number of ether oxygens (including phenoxy) is 1. The van der Waals surface area contributed by atoms with Gasteiger partial charge in [0, 0.05) is 37.0 Å². The maximum absolute atomic E-state index is 12.6. The SMILES string of the molecule is O=[N+]([O-])c1ccc(O)c(C=Nc2ccc(S(=O)(=O)N3CCOCC3)cc2)c1. The molecule has 2 aromatic rings. The van der Waals surface area contributed by atoms with Crippen LogP contribution < -0.4 is 0 Å². The summed E-state index contributed by atoms with van der Waals surface area (Å²) in [5, 5.41) is 20.6. The third-order valence-electron chi connectivity index (χ3n) is 4.02. The number of aliphatic imine (C=N–C) groups is 1. The number of aromatic hydroxyl groups is 1. The fourth-order valence-electron chi connectivity index (χ4n) is 2.54. The van der Waals surface area contributed by atoms with E-state index in [-0.39, 0.29) is 21.9 Å². The molecule has 0 atom stereocenters. The first kappa shape index (κ1) is 19.0. The molecule has 1 aliphatic heterocycles. The number of non-ortho nitro benzene ring substituents is 1. The average molecular weight is 391 g/mol. The minimum atomic E-state index is -3.58. The van der Waals surface area contributed by atoms with Gasteiger partial charge in [-0.2, -0.15) is 4.31 Å². The van der Waals surface area contributed by atoms with Crippen molar-refractivity contribution < 1.29 is 23.2 Å². The number of phenolic OH excluding ortho intramolecular Hbond substituents is 1. The van der Waals surface area contributed by atoms with Gasteiger partial charge in [0.15, 0.2) is 0 Å². The molecular weight excluding hydrogens is 374 g/mol. The van der Waals surface area contributed by atoms with E-state index in [1.165, 1.54) is 53.0 Å². The Kier molecular flexibility index (Phi) is 5.49. The monoisotopic (exact) mass is 391 g/mol. The second-order valence-electron chi connectivity index (χ2n) is 5.77. The summed E-state index contributed by atoms with van der Waals surface area (Å²) in [5.74, 6) is -0.143. The van der Waals surface area contributed by atoms with Gasteiger partial charge in [0.1, 0.15) is 5.75 Å². The van der Waals surface area contributed by atoms with Crippen molar-refractivity contribution in [3.05, 3.63) is 58.1 Å². The lowest BCUT2D eigenvalue weighted by Crippen LogP contribution is -2.40. The molecule has 3 rings (SSSR count). The van der Waals surface area contributed by atoms with Gasteiger partial charge in [-0.05, 0) is 30.3 Å². The average Bonchev–Trinajstić information content (AvgIpc) is 2.68. The van der Waals surface area contributed by atoms with E-state index in [4.69, 9.17) is 4.74 Å². The number of nitro benzene ring substituents is 1. The van der Waals surface area contributed by atoms with E-state index in [0.717, 1.165) is 0 Å². The van der Waals surface area contributed by atoms with E-state index < -0.39 is 14.9 Å². The molecule has 0 bridgehead atoms. The van der Waals surface area contributed by atoms with E-state index in [9.17, 15) is 23.6 Å². The number of phenols is 1. The molecule has 1 saturated heterocycles. The first-order valence-corrected chi connectivity index (χ1v) is 9.51. The lowest BCUT2D eigenvalue weighted by Gasteiger charge is -2.26. The van der Waals surface area contributed by atoms with Gasteiger partial charge in [0.05, 0.1) is 28.7 Å². The van der Waals surface area contributed by atoms with Crippen molar-refractivity contribution in [3.63, 3.8) is 0 Å². The number of hydrogen-bond acceptors (Lipinski definition) is 7. The van der Waals surface area contributed by atoms with Crippen LogP contribution in [-0.4, -0.2) is 55.3 Å². The molecule has 2 aromatic carbocycles. The van der Waals surface area contributed by atoms with E-state index in [2.05, 4.69) is 4.99 Å². The molecule has 0 spiro atoms. The molecule has 1 fully saturated rings. The van der Waals surface area contributed by atoms with Crippen molar-refractivity contribution in [2.45, 2.75) is 4.90 Å². The summed E-state index contributed by atoms with van der Waals surface area (Å²) in [6, 6.07) is 9.57. The summed E-state index contributed by atoms with van der Waals surface area (Å²) in [7, 11) is -3.58. The summed E-state index contributed by atoms with van der Waals surface area (Å²) < 4.78 is 31.7. The van der Waals surface area contributed by atoms with Crippen LogP contribution in [0.1, 0.15) is 5.56 Å². The summed E-state index contributed by atoms with van der Waals surface area (Å²) in [6.45, 7) is 1.37. The fraction of sp³-hybridized carbons (Fsp3) is 0.235. The van der Waals surface area contributed by atoms with Crippen LogP contribution in [-0.2, 0) is 14.8 Å². The summed E-state index contributed by atoms with van der Waals surface area (Å²) >= 11 is 0. The van der Waals surface area contributed by atoms with Crippen LogP contribution in [0.4, 0.5) is 11.4 Å². The second-order valence-corrected chi connectivity index (χ2v) is 7.71. The molecule has 142 valence electrons. The van der Waals surface area contributed by atoms with Crippen molar-refractivity contribution in [2.75, 3.05) is 26.3 Å². The Morgan fingerprint density at radius 2 is 1.81 bits per heavy atom. The smallest absolute Gasteiger partial charge is 0.270 e. The van der Waals surface area contributed by atoms with Crippen LogP contribution in [0, 0.1) is 10.1 Å². The van der Waals surface area contributed by atoms with Gasteiger partial charge in [-0.1, -0.05) is 0 Å². The molecule has 0 aliphatic carbocycles. The van der Waals surface area contributed by atoms with Crippen molar-refractivity contribution in [1.82, 2.24) is 4.31 Å². The Bertz CT molecular complexity index is 967. The van der Waals surface area contributed by atoms with Crippen molar-refractivity contribution in [3.8, 4) is 5.75 Å². The zero-order valence-corrected chi connectivity index (χ0v) is 15.0. The topological polar surface area (TPSA) is 122 Å². The first-order valence-electron chi connectivity index (χ1n) is 8.07. The van der Waals surface area contributed by atoms with Gasteiger partial charge >= 0.3 is 0 Å². The molecule has 0 amide bonds. The van der Waals surface area contributed by atoms with Gasteiger partial charge in [-0.3, -0.25) is 15.1 Å². The molecule has 0 unspecified atom stereocenters. The maximum atomic E-state index is 12.6. The molecule has 27 heavy (non-hydrogen) atoms. The van der Waals surface area contributed by atoms with Crippen molar-refractivity contribution >= 4 is 27.6 Å². The largest absolute Gasteiger partial charge is 0.507 e. The van der Waals surface area contributed by atoms with E-state index >= 15 is 0 Å². The molecular formula is C17H17N3O6S. The van der Waals surface area contributed by atoms with Gasteiger partial charge in [0.2, 0.25) is 10.0 Å². The molecule has 0 aromatic heterocycles. The minimum Gasteiger partial charge on any atom is -0.507 e. The standard InChI is InChI=1S/C17H17N3O6S/c21-17-6-3-15(20(22)23)11-13(17)12-18-14-1-4-16(5-2-14)27(24,25)19-7-9-26-10-8-19/h1-6,11-12,21H,7-10H2. The predicted molar refractivity (Wildman–Crippen MR) is 98.0 cm³/mol. The van der Waals surface area contributed by atoms with E-state index in [1.807, 2.05) is 0 Å². The number of rotatable bonds is 5. The minimum absolute atomic E-state index is 0.143. The fourth-order valence-corrected chi connectivity index (χ4v) is 3.95. The Hall–Kier alpha value is -2.82. The number of hydrogen-bond donors (Lipinski definition) is 1. The third-order valence-corrected chi connectivity index (χ3v) is 5.93. The highest BCUT2D eigenvalue weighted by molar-refractivity contribution is 7.89. The number of morpholine rings is 1. The summed E-state index contributed by atoms with van der Waals surface area (Å²) in [4.78, 5) is 14.5. The predicted octanol–water partition coefficient (Wildman–Crippen LogP) is 2.07. The first-order chi connectivity index (χ1) is 12.9. The Balaban J connectivity index is 1.79. The van der Waals surface area contributed by atoms with E-state index in [1.54, 1.807) is 0 Å². The molecule has 0 radical (unpaired) electrons. The van der Waals surface area contributed by atoms with Gasteiger partial charge < -0.3 is 9.84 Å². The molecule has 10 heteroatoms. The normalized spacial score (nSPS) is 15.9. The Labute approximate surface area is 155 Å². The molecule has 9 nitrogen and oxygen atoms in total. The third kappa shape index (κ3) is 4.30. The van der Waals surface area contributed by atoms with E-state index in [0.29, 0.717) is 32.0 Å². The maximum Gasteiger partial charge on any atom is 0.270 e. The molecule has 0 saturated carbocycles. The summed E-state index contributed by atoms with van der Waals surface area (Å²) in [6.07, 6.45) is 1.29. The Morgan fingerprint density at radius 1 is 1.15 bits per heavy atom. The number of sulfonamides is 1. The zero-order valence-electron chi connectivity index (χ0n) is 14.2. The highest BCUT2D eigenvalue weighted by atomic mass is 32.2. The van der Waals surface area contributed by atoms with Crippen LogP contribution in [0.15, 0.2) is 52.4 Å². The van der Waals surface area contributed by atoms with Gasteiger partial charge in [-0.25, -0.2) is 8.42 Å². The molecule has 1 aliphatic rings. The zero-order chi connectivity index (χ0) is 19.4. The number of benzene rings is 2. The van der Waals surface area contributed by atoms with Crippen LogP contribution in [0.2, 0.25) is 0 Å². The van der Waals surface area contributed by atoms with Crippen molar-refractivity contribution in [1.29, 1.82) is 0 Å². The van der Waals surface area contributed by atoms with Crippen LogP contribution in [0.5, 0.6) is 5.75 Å². The van der Waals surface area contributed by atoms with Crippen molar-refractivity contribution in [2.24, 2.45) is 4.99 Å². The van der Waals surface area contributed by atoms with Gasteiger partial charge in [0.25, 0.3) is 5.69 Å². The lowest BCUT2D eigenvalue weighted by molar-refractivity contribution is -0.384. The number of nitro groups is 1. The van der Waals surface area contributed by atoms with Crippen LogP contribution >= 0.6 is 0 Å². The lowest BCUT2D eigenvalue weighted by atomic mass is 10.2. The van der Waals surface area contributed by atoms with Crippen LogP contribution in [0.3, 0.4) is 0 Å². The summed E-state index contributed by atoms with van der Waals surface area (Å²) in [5.41, 5.74) is 0.470. The Morgan fingerprint density at radius 3 is 2.44 bits per heavy atom. The highest BCUT2D eigenvalue weighted by Gasteiger charge is 2.26. The molecule has 1 N–H and O–H groups in total. The quantitative estimate of drug-likeness (QED) is 0.473. The molecule has 1 heterocycles.